The SMILES string of the molecule is COc1ccc(S(=O)(=O)CNC(C(=O)NO)C(C)C)cc1. The fourth-order valence-electron chi connectivity index (χ4n) is 1.77. The molecule has 1 amide bonds. The molecule has 0 aliphatic carbocycles. The minimum Gasteiger partial charge on any atom is -0.497 e. The van der Waals surface area contributed by atoms with Gasteiger partial charge in [-0.2, -0.15) is 0 Å². The van der Waals surface area contributed by atoms with Gasteiger partial charge in [-0.3, -0.25) is 15.3 Å². The van der Waals surface area contributed by atoms with Crippen molar-refractivity contribution in [2.24, 2.45) is 5.92 Å². The predicted octanol–water partition coefficient (Wildman–Crippen LogP) is 0.546. The fourth-order valence-corrected chi connectivity index (χ4v) is 2.88. The summed E-state index contributed by atoms with van der Waals surface area (Å²) in [6.45, 7) is 3.49. The molecule has 0 saturated heterocycles. The first-order valence-corrected chi connectivity index (χ1v) is 8.01. The number of rotatable bonds is 7. The van der Waals surface area contributed by atoms with Crippen LogP contribution in [0.3, 0.4) is 0 Å². The molecule has 21 heavy (non-hydrogen) atoms. The highest BCUT2D eigenvalue weighted by Gasteiger charge is 2.24. The van der Waals surface area contributed by atoms with Crippen molar-refractivity contribution in [3.63, 3.8) is 0 Å². The third-order valence-electron chi connectivity index (χ3n) is 2.97. The number of sulfone groups is 1. The molecule has 0 radical (unpaired) electrons. The lowest BCUT2D eigenvalue weighted by molar-refractivity contribution is -0.132. The van der Waals surface area contributed by atoms with Crippen molar-refractivity contribution in [1.82, 2.24) is 10.8 Å². The smallest absolute Gasteiger partial charge is 0.260 e. The first kappa shape index (κ1) is 17.4. The van der Waals surface area contributed by atoms with E-state index in [0.29, 0.717) is 5.75 Å². The monoisotopic (exact) mass is 316 g/mol. The quantitative estimate of drug-likeness (QED) is 0.501. The Hall–Kier alpha value is -1.64. The fraction of sp³-hybridized carbons (Fsp3) is 0.462. The molecule has 1 unspecified atom stereocenters. The zero-order chi connectivity index (χ0) is 16.0. The summed E-state index contributed by atoms with van der Waals surface area (Å²) in [5.41, 5.74) is 1.52. The third-order valence-corrected chi connectivity index (χ3v) is 4.51. The van der Waals surface area contributed by atoms with Gasteiger partial charge in [0.15, 0.2) is 9.84 Å². The second kappa shape index (κ2) is 7.39. The van der Waals surface area contributed by atoms with Gasteiger partial charge in [0.25, 0.3) is 5.91 Å². The van der Waals surface area contributed by atoms with Gasteiger partial charge < -0.3 is 4.74 Å². The van der Waals surface area contributed by atoms with E-state index in [4.69, 9.17) is 9.94 Å². The molecule has 7 nitrogen and oxygen atoms in total. The Labute approximate surface area is 124 Å². The largest absolute Gasteiger partial charge is 0.497 e. The van der Waals surface area contributed by atoms with Gasteiger partial charge >= 0.3 is 0 Å². The Morgan fingerprint density at radius 2 is 1.86 bits per heavy atom. The van der Waals surface area contributed by atoms with Gasteiger partial charge in [-0.25, -0.2) is 13.9 Å². The molecule has 0 spiro atoms. The van der Waals surface area contributed by atoms with Crippen LogP contribution in [0.25, 0.3) is 0 Å². The van der Waals surface area contributed by atoms with Gasteiger partial charge in [-0.1, -0.05) is 13.8 Å². The number of hydrogen-bond donors (Lipinski definition) is 3. The van der Waals surface area contributed by atoms with Crippen molar-refractivity contribution >= 4 is 15.7 Å². The summed E-state index contributed by atoms with van der Waals surface area (Å²) in [6.07, 6.45) is 0. The normalized spacial score (nSPS) is 13.0. The maximum Gasteiger partial charge on any atom is 0.260 e. The molecule has 3 N–H and O–H groups in total. The van der Waals surface area contributed by atoms with Crippen LogP contribution in [0.5, 0.6) is 5.75 Å². The molecule has 1 rings (SSSR count). The second-order valence-corrected chi connectivity index (χ2v) is 6.83. The van der Waals surface area contributed by atoms with Crippen LogP contribution in [-0.4, -0.2) is 38.6 Å². The lowest BCUT2D eigenvalue weighted by atomic mass is 10.0. The van der Waals surface area contributed by atoms with E-state index >= 15 is 0 Å². The molecule has 8 heteroatoms. The minimum atomic E-state index is -3.58. The summed E-state index contributed by atoms with van der Waals surface area (Å²) in [6, 6.07) is 5.17. The second-order valence-electron chi connectivity index (χ2n) is 4.84. The van der Waals surface area contributed by atoms with Crippen molar-refractivity contribution in [3.8, 4) is 5.75 Å². The van der Waals surface area contributed by atoms with Crippen LogP contribution in [0, 0.1) is 5.92 Å². The average molecular weight is 316 g/mol. The maximum atomic E-state index is 12.2. The zero-order valence-electron chi connectivity index (χ0n) is 12.2. The third kappa shape index (κ3) is 4.69. The van der Waals surface area contributed by atoms with Gasteiger partial charge in [0.1, 0.15) is 11.6 Å². The highest BCUT2D eigenvalue weighted by molar-refractivity contribution is 7.91. The number of carbonyl (C=O) groups excluding carboxylic acids is 1. The Kier molecular flexibility index (Phi) is 6.13. The van der Waals surface area contributed by atoms with Crippen LogP contribution in [0.4, 0.5) is 0 Å². The predicted molar refractivity (Wildman–Crippen MR) is 76.7 cm³/mol. The molecule has 0 saturated carbocycles. The van der Waals surface area contributed by atoms with Crippen molar-refractivity contribution in [2.45, 2.75) is 24.8 Å². The number of methoxy groups -OCH3 is 1. The Bertz CT molecular complexity index is 569. The topological polar surface area (TPSA) is 105 Å². The van der Waals surface area contributed by atoms with Crippen LogP contribution in [-0.2, 0) is 14.6 Å². The summed E-state index contributed by atoms with van der Waals surface area (Å²) in [5, 5.41) is 11.3. The molecule has 118 valence electrons. The van der Waals surface area contributed by atoms with Crippen LogP contribution in [0.2, 0.25) is 0 Å². The lowest BCUT2D eigenvalue weighted by Crippen LogP contribution is -2.48. The molecule has 1 aromatic rings. The Morgan fingerprint density at radius 1 is 1.29 bits per heavy atom. The molecule has 0 bridgehead atoms. The number of carbonyl (C=O) groups is 1. The lowest BCUT2D eigenvalue weighted by Gasteiger charge is -2.20. The van der Waals surface area contributed by atoms with E-state index in [0.717, 1.165) is 0 Å². The highest BCUT2D eigenvalue weighted by Crippen LogP contribution is 2.16. The van der Waals surface area contributed by atoms with E-state index in [1.54, 1.807) is 26.0 Å². The molecule has 0 fully saturated rings. The number of hydroxylamine groups is 1. The van der Waals surface area contributed by atoms with E-state index < -0.39 is 27.7 Å². The molecule has 0 aliphatic rings. The van der Waals surface area contributed by atoms with E-state index in [2.05, 4.69) is 5.32 Å². The number of ether oxygens (including phenoxy) is 1. The number of hydrogen-bond acceptors (Lipinski definition) is 6. The van der Waals surface area contributed by atoms with E-state index in [1.807, 2.05) is 0 Å². The van der Waals surface area contributed by atoms with Crippen molar-refractivity contribution < 1.29 is 23.2 Å². The van der Waals surface area contributed by atoms with E-state index in [1.165, 1.54) is 24.7 Å². The highest BCUT2D eigenvalue weighted by atomic mass is 32.2. The van der Waals surface area contributed by atoms with Crippen molar-refractivity contribution in [1.29, 1.82) is 0 Å². The average Bonchev–Trinajstić information content (AvgIpc) is 2.46. The van der Waals surface area contributed by atoms with Crippen LogP contribution >= 0.6 is 0 Å². The Morgan fingerprint density at radius 3 is 2.29 bits per heavy atom. The van der Waals surface area contributed by atoms with Crippen LogP contribution < -0.4 is 15.5 Å². The number of nitrogens with one attached hydrogen (secondary N) is 2. The minimum absolute atomic E-state index is 0.128. The summed E-state index contributed by atoms with van der Waals surface area (Å²) in [7, 11) is -2.09. The van der Waals surface area contributed by atoms with Crippen LogP contribution in [0.15, 0.2) is 29.2 Å². The molecular formula is C13H20N2O5S. The number of amides is 1. The molecular weight excluding hydrogens is 296 g/mol. The van der Waals surface area contributed by atoms with E-state index in [-0.39, 0.29) is 10.8 Å². The molecule has 1 atom stereocenters. The maximum absolute atomic E-state index is 12.2. The molecule has 0 aliphatic heterocycles. The molecule has 1 aromatic carbocycles. The summed E-state index contributed by atoms with van der Waals surface area (Å²) >= 11 is 0. The summed E-state index contributed by atoms with van der Waals surface area (Å²) < 4.78 is 29.3. The van der Waals surface area contributed by atoms with Crippen molar-refractivity contribution in [3.05, 3.63) is 24.3 Å². The zero-order valence-corrected chi connectivity index (χ0v) is 13.0. The first-order valence-electron chi connectivity index (χ1n) is 6.36. The van der Waals surface area contributed by atoms with Gasteiger partial charge in [0.2, 0.25) is 0 Å². The molecule has 0 aromatic heterocycles. The molecule has 0 heterocycles. The van der Waals surface area contributed by atoms with E-state index in [9.17, 15) is 13.2 Å². The Balaban J connectivity index is 2.81. The first-order chi connectivity index (χ1) is 9.81. The van der Waals surface area contributed by atoms with Gasteiger partial charge in [0, 0.05) is 0 Å². The van der Waals surface area contributed by atoms with Gasteiger partial charge in [-0.15, -0.1) is 0 Å². The standard InChI is InChI=1S/C13H20N2O5S/c1-9(2)12(13(16)15-17)14-8-21(18,19)11-6-4-10(20-3)5-7-11/h4-7,9,12,14,17H,8H2,1-3H3,(H,15,16). The van der Waals surface area contributed by atoms with Crippen LogP contribution in [0.1, 0.15) is 13.8 Å². The number of benzene rings is 1. The van der Waals surface area contributed by atoms with Crippen molar-refractivity contribution in [2.75, 3.05) is 13.0 Å². The summed E-state index contributed by atoms with van der Waals surface area (Å²) in [5.74, 6) is -0.699. The van der Waals surface area contributed by atoms with Gasteiger partial charge in [0.05, 0.1) is 18.0 Å². The summed E-state index contributed by atoms with van der Waals surface area (Å²) in [4.78, 5) is 11.6. The van der Waals surface area contributed by atoms with Gasteiger partial charge in [-0.05, 0) is 30.2 Å².